The highest BCUT2D eigenvalue weighted by Crippen LogP contribution is 2.34. The molecule has 0 amide bonds. The van der Waals surface area contributed by atoms with Crippen molar-refractivity contribution >= 4 is 23.5 Å². The summed E-state index contributed by atoms with van der Waals surface area (Å²) in [5, 5.41) is 22.4. The van der Waals surface area contributed by atoms with Gasteiger partial charge in [0.25, 0.3) is 5.69 Å². The van der Waals surface area contributed by atoms with Gasteiger partial charge in [-0.15, -0.1) is 0 Å². The summed E-state index contributed by atoms with van der Waals surface area (Å²) in [5.41, 5.74) is -1.39. The molecule has 0 unspecified atom stereocenters. The molecule has 0 radical (unpaired) electrons. The van der Waals surface area contributed by atoms with Crippen molar-refractivity contribution in [3.8, 4) is 11.3 Å². The summed E-state index contributed by atoms with van der Waals surface area (Å²) in [6.45, 7) is 3.58. The lowest BCUT2D eigenvalue weighted by Gasteiger charge is -2.04. The van der Waals surface area contributed by atoms with E-state index in [-0.39, 0.29) is 28.5 Å². The third-order valence-corrected chi connectivity index (χ3v) is 4.24. The van der Waals surface area contributed by atoms with Crippen LogP contribution in [0.25, 0.3) is 23.5 Å². The molecular weight excluding hydrogens is 384 g/mol. The number of H-pyrrole nitrogens is 2. The molecule has 2 aromatic heterocycles. The fourth-order valence-electron chi connectivity index (χ4n) is 2.70. The Bertz CT molecular complexity index is 1280. The zero-order valence-electron chi connectivity index (χ0n) is 15.2. The van der Waals surface area contributed by atoms with Gasteiger partial charge >= 0.3 is 16.9 Å². The number of nitro benzene ring substituents is 1. The van der Waals surface area contributed by atoms with Crippen molar-refractivity contribution in [3.63, 3.8) is 0 Å². The number of hydrogen-bond donors (Lipinski definition) is 2. The van der Waals surface area contributed by atoms with E-state index in [0.29, 0.717) is 0 Å². The van der Waals surface area contributed by atoms with Crippen LogP contribution in [0.1, 0.15) is 22.6 Å². The Morgan fingerprint density at radius 3 is 2.31 bits per heavy atom. The number of nitrogens with one attached hydrogen (secondary N) is 2. The number of aromatic amines is 2. The van der Waals surface area contributed by atoms with Crippen LogP contribution < -0.4 is 11.2 Å². The van der Waals surface area contributed by atoms with Gasteiger partial charge in [-0.1, -0.05) is 0 Å². The molecule has 0 aliphatic heterocycles. The zero-order valence-corrected chi connectivity index (χ0v) is 15.2. The number of aromatic nitrogens is 2. The highest BCUT2D eigenvalue weighted by molar-refractivity contribution is 5.74. The van der Waals surface area contributed by atoms with E-state index < -0.39 is 26.8 Å². The molecule has 0 saturated heterocycles. The summed E-state index contributed by atoms with van der Waals surface area (Å²) >= 11 is 0. The minimum absolute atomic E-state index is 0.118. The fraction of sp³-hybridized carbons (Fsp3) is 0.111. The first-order chi connectivity index (χ1) is 13.7. The van der Waals surface area contributed by atoms with Gasteiger partial charge in [-0.05, 0) is 55.3 Å². The number of benzene rings is 1. The molecule has 3 rings (SSSR count). The van der Waals surface area contributed by atoms with Crippen LogP contribution >= 0.6 is 0 Å². The van der Waals surface area contributed by atoms with Crippen LogP contribution in [0.15, 0.2) is 38.3 Å². The molecule has 148 valence electrons. The summed E-state index contributed by atoms with van der Waals surface area (Å²) in [4.78, 5) is 48.0. The molecular formula is C18H14N4O7. The molecule has 0 saturated carbocycles. The van der Waals surface area contributed by atoms with Gasteiger partial charge in [0.15, 0.2) is 0 Å². The fourth-order valence-corrected chi connectivity index (χ4v) is 2.70. The van der Waals surface area contributed by atoms with Crippen molar-refractivity contribution in [1.82, 2.24) is 9.97 Å². The minimum atomic E-state index is -1.13. The summed E-state index contributed by atoms with van der Waals surface area (Å²) in [6.07, 6.45) is 2.44. The van der Waals surface area contributed by atoms with Crippen LogP contribution in [0.3, 0.4) is 0 Å². The van der Waals surface area contributed by atoms with Crippen molar-refractivity contribution < 1.29 is 14.3 Å². The van der Waals surface area contributed by atoms with Crippen LogP contribution in [0.5, 0.6) is 0 Å². The van der Waals surface area contributed by atoms with E-state index in [1.807, 2.05) is 6.92 Å². The Morgan fingerprint density at radius 1 is 0.966 bits per heavy atom. The molecule has 0 atom stereocenters. The average molecular weight is 398 g/mol. The Balaban J connectivity index is 2.03. The standard InChI is InChI=1S/C18H14N4O7/c1-9-7-12(14(21(25)26)8-10(9)2)15-6-4-11(29-15)3-5-13-16(22(27)28)17(23)20-18(24)19-13/h3-8H,1-2H3,(H2,19,20,23,24)/b5-3+. The summed E-state index contributed by atoms with van der Waals surface area (Å²) in [5.74, 6) is 0.441. The van der Waals surface area contributed by atoms with E-state index in [2.05, 4.69) is 4.98 Å². The van der Waals surface area contributed by atoms with Crippen molar-refractivity contribution in [2.24, 2.45) is 0 Å². The molecule has 0 aliphatic carbocycles. The predicted molar refractivity (Wildman–Crippen MR) is 104 cm³/mol. The smallest absolute Gasteiger partial charge is 0.357 e. The first-order valence-corrected chi connectivity index (χ1v) is 8.22. The molecule has 1 aromatic carbocycles. The number of hydrogen-bond acceptors (Lipinski definition) is 7. The van der Waals surface area contributed by atoms with Gasteiger partial charge in [0.1, 0.15) is 17.2 Å². The Kier molecular flexibility index (Phi) is 4.96. The molecule has 0 aliphatic rings. The second-order valence-electron chi connectivity index (χ2n) is 6.17. The van der Waals surface area contributed by atoms with Gasteiger partial charge < -0.3 is 9.40 Å². The second-order valence-corrected chi connectivity index (χ2v) is 6.17. The van der Waals surface area contributed by atoms with E-state index in [1.54, 1.807) is 18.0 Å². The summed E-state index contributed by atoms with van der Waals surface area (Å²) in [7, 11) is 0. The molecule has 3 aromatic rings. The Morgan fingerprint density at radius 2 is 1.66 bits per heavy atom. The highest BCUT2D eigenvalue weighted by Gasteiger charge is 2.21. The van der Waals surface area contributed by atoms with Crippen molar-refractivity contribution in [1.29, 1.82) is 0 Å². The number of nitro groups is 2. The van der Waals surface area contributed by atoms with Crippen molar-refractivity contribution in [3.05, 3.63) is 87.9 Å². The largest absolute Gasteiger partial charge is 0.456 e. The van der Waals surface area contributed by atoms with Gasteiger partial charge in [-0.25, -0.2) is 4.79 Å². The third kappa shape index (κ3) is 3.88. The molecule has 2 heterocycles. The van der Waals surface area contributed by atoms with E-state index in [0.717, 1.165) is 17.2 Å². The number of aryl methyl sites for hydroxylation is 2. The molecule has 11 heteroatoms. The monoisotopic (exact) mass is 398 g/mol. The number of nitrogens with zero attached hydrogens (tertiary/aromatic N) is 2. The summed E-state index contributed by atoms with van der Waals surface area (Å²) < 4.78 is 5.60. The van der Waals surface area contributed by atoms with Gasteiger partial charge in [0, 0.05) is 6.07 Å². The van der Waals surface area contributed by atoms with Gasteiger partial charge in [0.2, 0.25) is 0 Å². The normalized spacial score (nSPS) is 11.1. The minimum Gasteiger partial charge on any atom is -0.456 e. The lowest BCUT2D eigenvalue weighted by atomic mass is 10.0. The molecule has 0 bridgehead atoms. The number of rotatable bonds is 5. The zero-order chi connectivity index (χ0) is 21.3. The maximum Gasteiger partial charge on any atom is 0.357 e. The van der Waals surface area contributed by atoms with Crippen LogP contribution in [-0.2, 0) is 0 Å². The first-order valence-electron chi connectivity index (χ1n) is 8.22. The van der Waals surface area contributed by atoms with E-state index in [4.69, 9.17) is 4.42 Å². The Hall–Kier alpha value is -4.28. The van der Waals surface area contributed by atoms with Gasteiger partial charge in [0.05, 0.1) is 15.4 Å². The summed E-state index contributed by atoms with van der Waals surface area (Å²) in [6, 6.07) is 6.11. The van der Waals surface area contributed by atoms with Crippen molar-refractivity contribution in [2.75, 3.05) is 0 Å². The highest BCUT2D eigenvalue weighted by atomic mass is 16.6. The first kappa shape index (κ1) is 19.5. The van der Waals surface area contributed by atoms with Crippen LogP contribution in [0.4, 0.5) is 11.4 Å². The SMILES string of the molecule is Cc1cc(-c2ccc(/C=C/c3[nH]c(=O)[nH]c(=O)c3[N+](=O)[O-])o2)c([N+](=O)[O-])cc1C. The van der Waals surface area contributed by atoms with Crippen LogP contribution in [-0.4, -0.2) is 19.8 Å². The van der Waals surface area contributed by atoms with Gasteiger partial charge in [-0.3, -0.25) is 30.0 Å². The molecule has 11 nitrogen and oxygen atoms in total. The van der Waals surface area contributed by atoms with Gasteiger partial charge in [-0.2, -0.15) is 0 Å². The molecule has 0 spiro atoms. The van der Waals surface area contributed by atoms with E-state index >= 15 is 0 Å². The van der Waals surface area contributed by atoms with E-state index in [9.17, 15) is 29.8 Å². The second kappa shape index (κ2) is 7.38. The van der Waals surface area contributed by atoms with Crippen LogP contribution in [0.2, 0.25) is 0 Å². The lowest BCUT2D eigenvalue weighted by Crippen LogP contribution is -2.25. The molecule has 29 heavy (non-hydrogen) atoms. The maximum absolute atomic E-state index is 11.6. The topological polar surface area (TPSA) is 165 Å². The molecule has 2 N–H and O–H groups in total. The number of furan rings is 1. The maximum atomic E-state index is 11.6. The van der Waals surface area contributed by atoms with Crippen LogP contribution in [0, 0.1) is 34.1 Å². The lowest BCUT2D eigenvalue weighted by molar-refractivity contribution is -0.386. The van der Waals surface area contributed by atoms with Crippen molar-refractivity contribution in [2.45, 2.75) is 13.8 Å². The third-order valence-electron chi connectivity index (χ3n) is 4.24. The van der Waals surface area contributed by atoms with E-state index in [1.165, 1.54) is 24.3 Å². The predicted octanol–water partition coefficient (Wildman–Crippen LogP) is 2.93. The average Bonchev–Trinajstić information content (AvgIpc) is 3.09. The quantitative estimate of drug-likeness (QED) is 0.492. The Labute approximate surface area is 161 Å². The molecule has 0 fully saturated rings.